The van der Waals surface area contributed by atoms with Gasteiger partial charge in [0.2, 0.25) is 0 Å². The van der Waals surface area contributed by atoms with E-state index in [1.807, 2.05) is 30.3 Å². The van der Waals surface area contributed by atoms with E-state index in [2.05, 4.69) is 4.98 Å². The maximum Gasteiger partial charge on any atom is 0.435 e. The summed E-state index contributed by atoms with van der Waals surface area (Å²) in [5.41, 5.74) is 0.267. The number of ether oxygens (including phenoxy) is 1. The van der Waals surface area contributed by atoms with Gasteiger partial charge in [0.1, 0.15) is 6.61 Å². The molecule has 0 bridgehead atoms. The van der Waals surface area contributed by atoms with Gasteiger partial charge in [0.15, 0.2) is 17.1 Å². The first-order valence-corrected chi connectivity index (χ1v) is 6.68. The standard InChI is InChI=1S/C16H13F3N2O/c1-11-14(16(17,18)19)20-15-13(8-5-9-21(11)15)22-10-12-6-3-2-4-7-12/h2-9H,10H2,1H3. The van der Waals surface area contributed by atoms with Gasteiger partial charge in [-0.05, 0) is 24.6 Å². The Balaban J connectivity index is 1.97. The quantitative estimate of drug-likeness (QED) is 0.723. The van der Waals surface area contributed by atoms with E-state index in [9.17, 15) is 13.2 Å². The largest absolute Gasteiger partial charge is 0.485 e. The molecule has 114 valence electrons. The number of benzene rings is 1. The number of aryl methyl sites for hydroxylation is 1. The number of fused-ring (bicyclic) bond motifs is 1. The molecule has 1 aromatic carbocycles. The van der Waals surface area contributed by atoms with E-state index in [0.29, 0.717) is 5.75 Å². The van der Waals surface area contributed by atoms with Crippen LogP contribution in [-0.2, 0) is 12.8 Å². The lowest BCUT2D eigenvalue weighted by atomic mass is 10.2. The van der Waals surface area contributed by atoms with Crippen LogP contribution in [0, 0.1) is 6.92 Å². The first kappa shape index (κ1) is 14.4. The van der Waals surface area contributed by atoms with Gasteiger partial charge in [0.25, 0.3) is 0 Å². The van der Waals surface area contributed by atoms with Crippen LogP contribution < -0.4 is 4.74 Å². The molecular weight excluding hydrogens is 293 g/mol. The SMILES string of the molecule is Cc1c(C(F)(F)F)nc2c(OCc3ccccc3)cccn12. The molecule has 0 spiro atoms. The molecule has 0 unspecified atom stereocenters. The van der Waals surface area contributed by atoms with Crippen LogP contribution in [0.3, 0.4) is 0 Å². The number of aromatic nitrogens is 2. The summed E-state index contributed by atoms with van der Waals surface area (Å²) in [6, 6.07) is 12.7. The number of hydrogen-bond donors (Lipinski definition) is 0. The van der Waals surface area contributed by atoms with Crippen molar-refractivity contribution in [2.24, 2.45) is 0 Å². The molecule has 0 aliphatic heterocycles. The maximum absolute atomic E-state index is 13.0. The molecule has 3 aromatic rings. The van der Waals surface area contributed by atoms with Crippen molar-refractivity contribution in [2.75, 3.05) is 0 Å². The summed E-state index contributed by atoms with van der Waals surface area (Å²) in [5, 5.41) is 0. The molecule has 0 aliphatic rings. The van der Waals surface area contributed by atoms with Crippen LogP contribution in [0.2, 0.25) is 0 Å². The summed E-state index contributed by atoms with van der Waals surface area (Å²) < 4.78 is 45.9. The van der Waals surface area contributed by atoms with Gasteiger partial charge in [-0.1, -0.05) is 30.3 Å². The molecule has 0 fully saturated rings. The Morgan fingerprint density at radius 1 is 1.09 bits per heavy atom. The molecule has 2 heterocycles. The second-order valence-electron chi connectivity index (χ2n) is 4.88. The zero-order valence-corrected chi connectivity index (χ0v) is 11.8. The Kier molecular flexibility index (Phi) is 3.52. The predicted octanol–water partition coefficient (Wildman–Crippen LogP) is 4.24. The van der Waals surface area contributed by atoms with Gasteiger partial charge in [-0.2, -0.15) is 13.2 Å². The molecule has 2 aromatic heterocycles. The zero-order valence-electron chi connectivity index (χ0n) is 11.8. The van der Waals surface area contributed by atoms with Crippen LogP contribution in [0.15, 0.2) is 48.7 Å². The monoisotopic (exact) mass is 306 g/mol. The van der Waals surface area contributed by atoms with Crippen molar-refractivity contribution >= 4 is 5.65 Å². The zero-order chi connectivity index (χ0) is 15.7. The number of pyridine rings is 1. The second kappa shape index (κ2) is 5.36. The number of hydrogen-bond acceptors (Lipinski definition) is 2. The molecule has 3 rings (SSSR count). The van der Waals surface area contributed by atoms with Crippen molar-refractivity contribution in [3.8, 4) is 5.75 Å². The summed E-state index contributed by atoms with van der Waals surface area (Å²) in [5.74, 6) is 0.324. The fraction of sp³-hybridized carbons (Fsp3) is 0.188. The van der Waals surface area contributed by atoms with Crippen LogP contribution in [-0.4, -0.2) is 9.38 Å². The lowest BCUT2D eigenvalue weighted by Gasteiger charge is -2.07. The van der Waals surface area contributed by atoms with E-state index in [1.165, 1.54) is 11.3 Å². The van der Waals surface area contributed by atoms with Gasteiger partial charge in [-0.3, -0.25) is 0 Å². The molecule has 3 nitrogen and oxygen atoms in total. The smallest absolute Gasteiger partial charge is 0.435 e. The third-order valence-corrected chi connectivity index (χ3v) is 3.36. The van der Waals surface area contributed by atoms with Crippen LogP contribution in [0.5, 0.6) is 5.75 Å². The highest BCUT2D eigenvalue weighted by molar-refractivity contribution is 5.56. The molecule has 0 radical (unpaired) electrons. The van der Waals surface area contributed by atoms with E-state index in [4.69, 9.17) is 4.74 Å². The minimum Gasteiger partial charge on any atom is -0.485 e. The van der Waals surface area contributed by atoms with Crippen molar-refractivity contribution in [3.05, 3.63) is 65.6 Å². The maximum atomic E-state index is 13.0. The molecule has 0 saturated heterocycles. The lowest BCUT2D eigenvalue weighted by molar-refractivity contribution is -0.141. The second-order valence-corrected chi connectivity index (χ2v) is 4.88. The Morgan fingerprint density at radius 2 is 1.82 bits per heavy atom. The third kappa shape index (κ3) is 2.64. The van der Waals surface area contributed by atoms with Crippen LogP contribution in [0.4, 0.5) is 13.2 Å². The predicted molar refractivity (Wildman–Crippen MR) is 75.7 cm³/mol. The summed E-state index contributed by atoms with van der Waals surface area (Å²) >= 11 is 0. The van der Waals surface area contributed by atoms with E-state index in [0.717, 1.165) is 5.56 Å². The number of alkyl halides is 3. The summed E-state index contributed by atoms with van der Waals surface area (Å²) in [6.45, 7) is 1.66. The summed E-state index contributed by atoms with van der Waals surface area (Å²) in [6.07, 6.45) is -2.94. The molecule has 6 heteroatoms. The highest BCUT2D eigenvalue weighted by atomic mass is 19.4. The van der Waals surface area contributed by atoms with Gasteiger partial charge in [0.05, 0.1) is 5.69 Å². The molecule has 22 heavy (non-hydrogen) atoms. The Bertz CT molecular complexity index is 794. The number of nitrogens with zero attached hydrogens (tertiary/aromatic N) is 2. The lowest BCUT2D eigenvalue weighted by Crippen LogP contribution is -2.07. The van der Waals surface area contributed by atoms with Gasteiger partial charge in [-0.15, -0.1) is 0 Å². The highest BCUT2D eigenvalue weighted by Crippen LogP contribution is 2.33. The minimum atomic E-state index is -4.48. The van der Waals surface area contributed by atoms with Crippen molar-refractivity contribution in [2.45, 2.75) is 19.7 Å². The van der Waals surface area contributed by atoms with Gasteiger partial charge < -0.3 is 9.14 Å². The fourth-order valence-electron chi connectivity index (χ4n) is 2.28. The summed E-state index contributed by atoms with van der Waals surface area (Å²) in [4.78, 5) is 3.71. The van der Waals surface area contributed by atoms with Crippen LogP contribution >= 0.6 is 0 Å². The number of halogens is 3. The van der Waals surface area contributed by atoms with Crippen LogP contribution in [0.25, 0.3) is 5.65 Å². The minimum absolute atomic E-state index is 0.0488. The molecular formula is C16H13F3N2O. The topological polar surface area (TPSA) is 26.5 Å². The normalized spacial score (nSPS) is 11.8. The molecule has 0 aliphatic carbocycles. The van der Waals surface area contributed by atoms with Crippen molar-refractivity contribution < 1.29 is 17.9 Å². The van der Waals surface area contributed by atoms with Crippen molar-refractivity contribution in [1.82, 2.24) is 9.38 Å². The Labute approximate surface area is 125 Å². The van der Waals surface area contributed by atoms with E-state index < -0.39 is 11.9 Å². The molecule has 0 atom stereocenters. The molecule has 0 N–H and O–H groups in total. The van der Waals surface area contributed by atoms with Gasteiger partial charge in [0, 0.05) is 6.20 Å². The van der Waals surface area contributed by atoms with Crippen molar-refractivity contribution in [1.29, 1.82) is 0 Å². The first-order chi connectivity index (χ1) is 10.5. The average Bonchev–Trinajstić information content (AvgIpc) is 2.84. The molecule has 0 saturated carbocycles. The Morgan fingerprint density at radius 3 is 2.50 bits per heavy atom. The van der Waals surface area contributed by atoms with E-state index in [1.54, 1.807) is 18.3 Å². The van der Waals surface area contributed by atoms with E-state index in [-0.39, 0.29) is 17.9 Å². The average molecular weight is 306 g/mol. The van der Waals surface area contributed by atoms with Gasteiger partial charge >= 0.3 is 6.18 Å². The Hall–Kier alpha value is -2.50. The third-order valence-electron chi connectivity index (χ3n) is 3.36. The highest BCUT2D eigenvalue weighted by Gasteiger charge is 2.36. The number of rotatable bonds is 3. The van der Waals surface area contributed by atoms with E-state index >= 15 is 0 Å². The summed E-state index contributed by atoms with van der Waals surface area (Å²) in [7, 11) is 0. The number of imidazole rings is 1. The van der Waals surface area contributed by atoms with Gasteiger partial charge in [-0.25, -0.2) is 4.98 Å². The van der Waals surface area contributed by atoms with Crippen LogP contribution in [0.1, 0.15) is 17.0 Å². The van der Waals surface area contributed by atoms with Crippen molar-refractivity contribution in [3.63, 3.8) is 0 Å². The first-order valence-electron chi connectivity index (χ1n) is 6.68. The fourth-order valence-corrected chi connectivity index (χ4v) is 2.28. The molecule has 0 amide bonds.